The molecule has 2 heterocycles. The molecule has 0 spiro atoms. The van der Waals surface area contributed by atoms with Gasteiger partial charge in [0.1, 0.15) is 11.2 Å². The second-order valence-corrected chi connectivity index (χ2v) is 12.3. The molecule has 0 saturated heterocycles. The van der Waals surface area contributed by atoms with Crippen molar-refractivity contribution < 1.29 is 4.42 Å². The Balaban J connectivity index is 1.18. The van der Waals surface area contributed by atoms with E-state index in [0.29, 0.717) is 23.4 Å². The lowest BCUT2D eigenvalue weighted by Crippen LogP contribution is -2.05. The molecule has 9 rings (SSSR count). The van der Waals surface area contributed by atoms with E-state index in [2.05, 4.69) is 146 Å². The molecule has 0 amide bonds. The number of hydrogen-bond acceptors (Lipinski definition) is 4. The molecule has 1 unspecified atom stereocenters. The lowest BCUT2D eigenvalue weighted by molar-refractivity contribution is 0.669. The van der Waals surface area contributed by atoms with Crippen molar-refractivity contribution in [1.29, 1.82) is 0 Å². The minimum Gasteiger partial charge on any atom is -0.456 e. The summed E-state index contributed by atoms with van der Waals surface area (Å²) in [6, 6.07) is 52.3. The first kappa shape index (κ1) is 28.8. The maximum absolute atomic E-state index is 6.26. The first-order valence-electron chi connectivity index (χ1n) is 16.6. The van der Waals surface area contributed by atoms with Crippen LogP contribution in [-0.2, 0) is 0 Å². The predicted octanol–water partition coefficient (Wildman–Crippen LogP) is 11.6. The van der Waals surface area contributed by atoms with Gasteiger partial charge in [0.05, 0.1) is 0 Å². The topological polar surface area (TPSA) is 51.8 Å². The Morgan fingerprint density at radius 3 is 1.88 bits per heavy atom. The summed E-state index contributed by atoms with van der Waals surface area (Å²) in [5, 5.41) is 2.17. The van der Waals surface area contributed by atoms with Gasteiger partial charge >= 0.3 is 0 Å². The minimum absolute atomic E-state index is 0.322. The molecule has 4 heteroatoms. The predicted molar refractivity (Wildman–Crippen MR) is 200 cm³/mol. The Labute approximate surface area is 284 Å². The van der Waals surface area contributed by atoms with Crippen LogP contribution in [0.3, 0.4) is 0 Å². The van der Waals surface area contributed by atoms with Gasteiger partial charge in [0.2, 0.25) is 0 Å². The first-order valence-corrected chi connectivity index (χ1v) is 16.6. The van der Waals surface area contributed by atoms with E-state index in [9.17, 15) is 0 Å². The summed E-state index contributed by atoms with van der Waals surface area (Å²) in [4.78, 5) is 15.4. The van der Waals surface area contributed by atoms with Crippen LogP contribution in [0.1, 0.15) is 23.7 Å². The summed E-state index contributed by atoms with van der Waals surface area (Å²) in [5.41, 5.74) is 10.3. The number of nitrogens with zero attached hydrogens (tertiary/aromatic N) is 3. The van der Waals surface area contributed by atoms with Gasteiger partial charge in [-0.25, -0.2) is 15.0 Å². The zero-order valence-corrected chi connectivity index (χ0v) is 26.7. The summed E-state index contributed by atoms with van der Waals surface area (Å²) in [6.45, 7) is 0. The largest absolute Gasteiger partial charge is 0.456 e. The molecular weight excluding hydrogens is 599 g/mol. The lowest BCUT2D eigenvalue weighted by atomic mass is 9.90. The third-order valence-corrected chi connectivity index (χ3v) is 9.33. The molecule has 8 aromatic rings. The number of allylic oxidation sites excluding steroid dienone is 4. The molecule has 0 radical (unpaired) electrons. The summed E-state index contributed by atoms with van der Waals surface area (Å²) in [7, 11) is 0. The van der Waals surface area contributed by atoms with Gasteiger partial charge in [-0.15, -0.1) is 0 Å². The molecule has 0 fully saturated rings. The van der Waals surface area contributed by atoms with Gasteiger partial charge in [0, 0.05) is 33.4 Å². The van der Waals surface area contributed by atoms with Crippen molar-refractivity contribution in [2.45, 2.75) is 12.3 Å². The van der Waals surface area contributed by atoms with Gasteiger partial charge in [-0.05, 0) is 46.4 Å². The average Bonchev–Trinajstić information content (AvgIpc) is 3.58. The summed E-state index contributed by atoms with van der Waals surface area (Å²) < 4.78 is 6.26. The van der Waals surface area contributed by atoms with Crippen LogP contribution in [0.5, 0.6) is 0 Å². The van der Waals surface area contributed by atoms with E-state index >= 15 is 0 Å². The third kappa shape index (κ3) is 5.43. The van der Waals surface area contributed by atoms with E-state index in [1.54, 1.807) is 0 Å². The van der Waals surface area contributed by atoms with Crippen molar-refractivity contribution in [2.75, 3.05) is 0 Å². The number of furan rings is 1. The Morgan fingerprint density at radius 2 is 1.08 bits per heavy atom. The Kier molecular flexibility index (Phi) is 7.25. The van der Waals surface area contributed by atoms with E-state index in [-0.39, 0.29) is 0 Å². The molecule has 4 nitrogen and oxygen atoms in total. The average molecular weight is 630 g/mol. The Hall–Kier alpha value is -6.39. The number of aromatic nitrogens is 3. The van der Waals surface area contributed by atoms with Gasteiger partial charge in [-0.3, -0.25) is 0 Å². The zero-order chi connectivity index (χ0) is 32.6. The second-order valence-electron chi connectivity index (χ2n) is 12.3. The van der Waals surface area contributed by atoms with Crippen molar-refractivity contribution in [1.82, 2.24) is 15.0 Å². The smallest absolute Gasteiger partial charge is 0.164 e. The van der Waals surface area contributed by atoms with E-state index in [0.717, 1.165) is 61.7 Å². The van der Waals surface area contributed by atoms with Crippen LogP contribution in [0.4, 0.5) is 0 Å². The fraction of sp³-hybridized carbons (Fsp3) is 0.0444. The molecule has 2 aromatic heterocycles. The van der Waals surface area contributed by atoms with Gasteiger partial charge in [-0.2, -0.15) is 0 Å². The highest BCUT2D eigenvalue weighted by molar-refractivity contribution is 6.13. The molecule has 1 aliphatic rings. The second kappa shape index (κ2) is 12.3. The molecule has 1 atom stereocenters. The Bertz CT molecular complexity index is 2510. The summed E-state index contributed by atoms with van der Waals surface area (Å²) >= 11 is 0. The van der Waals surface area contributed by atoms with Gasteiger partial charge < -0.3 is 4.42 Å². The van der Waals surface area contributed by atoms with E-state index in [4.69, 9.17) is 19.4 Å². The maximum Gasteiger partial charge on any atom is 0.164 e. The van der Waals surface area contributed by atoms with Crippen molar-refractivity contribution in [3.63, 3.8) is 0 Å². The number of hydrogen-bond donors (Lipinski definition) is 0. The molecule has 232 valence electrons. The molecule has 0 N–H and O–H groups in total. The van der Waals surface area contributed by atoms with E-state index in [1.807, 2.05) is 24.3 Å². The summed E-state index contributed by atoms with van der Waals surface area (Å²) in [6.07, 6.45) is 7.56. The fourth-order valence-corrected chi connectivity index (χ4v) is 6.84. The zero-order valence-electron chi connectivity index (χ0n) is 26.7. The SMILES string of the molecule is C1=CC(c2ccccc2)CC=C1c1nc(-c2ccc(-c3ccccc3)cc2)nc(-c2ccccc2-c2cccc3oc4ccccc4c23)n1. The van der Waals surface area contributed by atoms with Crippen molar-refractivity contribution in [2.24, 2.45) is 0 Å². The van der Waals surface area contributed by atoms with Crippen molar-refractivity contribution >= 4 is 27.5 Å². The third-order valence-electron chi connectivity index (χ3n) is 9.33. The van der Waals surface area contributed by atoms with Crippen LogP contribution in [-0.4, -0.2) is 15.0 Å². The molecular formula is C45H31N3O. The maximum atomic E-state index is 6.26. The highest BCUT2D eigenvalue weighted by atomic mass is 16.3. The van der Waals surface area contributed by atoms with Crippen LogP contribution in [0.25, 0.3) is 72.5 Å². The number of rotatable bonds is 6. The quantitative estimate of drug-likeness (QED) is 0.184. The van der Waals surface area contributed by atoms with Crippen molar-refractivity contribution in [3.8, 4) is 45.0 Å². The van der Waals surface area contributed by atoms with Crippen LogP contribution in [0, 0.1) is 0 Å². The normalized spacial score (nSPS) is 14.3. The number of benzene rings is 6. The number of fused-ring (bicyclic) bond motifs is 3. The minimum atomic E-state index is 0.322. The van der Waals surface area contributed by atoms with Crippen molar-refractivity contribution in [3.05, 3.63) is 181 Å². The van der Waals surface area contributed by atoms with E-state index < -0.39 is 0 Å². The molecule has 1 aliphatic carbocycles. The summed E-state index contributed by atoms with van der Waals surface area (Å²) in [5.74, 6) is 2.26. The fourth-order valence-electron chi connectivity index (χ4n) is 6.84. The molecule has 6 aromatic carbocycles. The van der Waals surface area contributed by atoms with Crippen LogP contribution < -0.4 is 0 Å². The first-order chi connectivity index (χ1) is 24.3. The van der Waals surface area contributed by atoms with Crippen LogP contribution >= 0.6 is 0 Å². The highest BCUT2D eigenvalue weighted by Gasteiger charge is 2.20. The number of para-hydroxylation sites is 1. The van der Waals surface area contributed by atoms with Gasteiger partial charge in [0.15, 0.2) is 17.5 Å². The van der Waals surface area contributed by atoms with Gasteiger partial charge in [-0.1, -0.05) is 158 Å². The Morgan fingerprint density at radius 1 is 0.469 bits per heavy atom. The lowest BCUT2D eigenvalue weighted by Gasteiger charge is -2.17. The highest BCUT2D eigenvalue weighted by Crippen LogP contribution is 2.40. The molecule has 0 saturated carbocycles. The van der Waals surface area contributed by atoms with Crippen LogP contribution in [0.2, 0.25) is 0 Å². The van der Waals surface area contributed by atoms with Gasteiger partial charge in [0.25, 0.3) is 0 Å². The monoisotopic (exact) mass is 629 g/mol. The molecule has 0 aliphatic heterocycles. The van der Waals surface area contributed by atoms with Crippen LogP contribution in [0.15, 0.2) is 174 Å². The standard InChI is InChI=1S/C45H31N3O/c1-3-12-30(13-4-1)32-22-26-34(27-23-32)43-46-44(35-28-24-33(25-29-35)31-14-5-2-6-15-31)48-45(47-43)38-17-8-7-16-36(38)37-19-11-21-41-42(37)39-18-9-10-20-40(39)49-41/h1-24,26-29,33H,25H2. The van der Waals surface area contributed by atoms with E-state index in [1.165, 1.54) is 11.1 Å². The molecule has 0 bridgehead atoms. The molecule has 49 heavy (non-hydrogen) atoms.